The fourth-order valence-electron chi connectivity index (χ4n) is 3.76. The van der Waals surface area contributed by atoms with Crippen LogP contribution in [0.3, 0.4) is 0 Å². The smallest absolute Gasteiger partial charge is 0.407 e. The summed E-state index contributed by atoms with van der Waals surface area (Å²) < 4.78 is 4.81. The van der Waals surface area contributed by atoms with Crippen LogP contribution in [0.2, 0.25) is 0 Å². The minimum absolute atomic E-state index is 0.218. The molecule has 0 radical (unpaired) electrons. The second-order valence-electron chi connectivity index (χ2n) is 11.2. The van der Waals surface area contributed by atoms with Crippen LogP contribution in [0.4, 0.5) is 4.79 Å². The number of thioether (sulfide) groups is 1. The molecule has 1 heterocycles. The summed E-state index contributed by atoms with van der Waals surface area (Å²) in [6, 6.07) is 7.57. The number of aliphatic hydroxyl groups excluding tert-OH is 1. The third kappa shape index (κ3) is 7.91. The van der Waals surface area contributed by atoms with E-state index in [4.69, 9.17) is 4.74 Å². The van der Waals surface area contributed by atoms with Crippen LogP contribution < -0.4 is 10.6 Å². The summed E-state index contributed by atoms with van der Waals surface area (Å²) in [6.07, 6.45) is -2.07. The molecule has 3 amide bonds. The van der Waals surface area contributed by atoms with E-state index in [1.54, 1.807) is 20.8 Å². The van der Waals surface area contributed by atoms with Crippen LogP contribution in [0.1, 0.15) is 61.0 Å². The highest BCUT2D eigenvalue weighted by molar-refractivity contribution is 8.00. The van der Waals surface area contributed by atoms with Gasteiger partial charge in [-0.15, -0.1) is 11.8 Å². The summed E-state index contributed by atoms with van der Waals surface area (Å²) in [7, 11) is 0. The molecule has 3 atom stereocenters. The third-order valence-corrected chi connectivity index (χ3v) is 6.58. The highest BCUT2D eigenvalue weighted by atomic mass is 32.2. The summed E-state index contributed by atoms with van der Waals surface area (Å²) >= 11 is 1.47. The number of hydrogen-bond donors (Lipinski definition) is 3. The molecule has 2 rings (SSSR count). The second-order valence-corrected chi connectivity index (χ2v) is 12.8. The van der Waals surface area contributed by atoms with Gasteiger partial charge in [0.15, 0.2) is 6.10 Å². The summed E-state index contributed by atoms with van der Waals surface area (Å²) in [6.45, 7) is 14.7. The number of aliphatic hydroxyl groups is 1. The molecule has 1 aromatic rings. The van der Waals surface area contributed by atoms with Crippen molar-refractivity contribution in [1.82, 2.24) is 15.5 Å². The van der Waals surface area contributed by atoms with Crippen LogP contribution in [0.25, 0.3) is 0 Å². The quantitative estimate of drug-likeness (QED) is 0.562. The summed E-state index contributed by atoms with van der Waals surface area (Å²) in [5.41, 5.74) is -0.363. The molecular weight excluding hydrogens is 454 g/mol. The van der Waals surface area contributed by atoms with Crippen molar-refractivity contribution in [2.24, 2.45) is 0 Å². The van der Waals surface area contributed by atoms with Gasteiger partial charge in [-0.2, -0.15) is 0 Å². The molecule has 0 spiro atoms. The molecular formula is C25H39N3O5S. The number of ether oxygens (including phenoxy) is 1. The second kappa shape index (κ2) is 10.6. The van der Waals surface area contributed by atoms with Crippen molar-refractivity contribution in [2.75, 3.05) is 5.88 Å². The Bertz CT molecular complexity index is 877. The molecule has 0 unspecified atom stereocenters. The maximum Gasteiger partial charge on any atom is 0.407 e. The van der Waals surface area contributed by atoms with E-state index in [0.717, 1.165) is 5.56 Å². The molecule has 1 saturated heterocycles. The van der Waals surface area contributed by atoms with E-state index in [1.165, 1.54) is 16.7 Å². The fourth-order valence-corrected chi connectivity index (χ4v) is 4.90. The number of hydrogen-bond acceptors (Lipinski definition) is 6. The molecule has 1 aliphatic rings. The number of nitrogens with one attached hydrogen (secondary N) is 2. The molecule has 1 fully saturated rings. The van der Waals surface area contributed by atoms with Crippen molar-refractivity contribution >= 4 is 29.7 Å². The first-order chi connectivity index (χ1) is 15.5. The van der Waals surface area contributed by atoms with Gasteiger partial charge in [0.1, 0.15) is 11.6 Å². The normalized spacial score (nSPS) is 19.8. The van der Waals surface area contributed by atoms with Gasteiger partial charge in [0.2, 0.25) is 5.91 Å². The summed E-state index contributed by atoms with van der Waals surface area (Å²) in [5, 5.41) is 16.8. The van der Waals surface area contributed by atoms with Gasteiger partial charge in [0.05, 0.1) is 11.9 Å². The zero-order valence-electron chi connectivity index (χ0n) is 21.5. The molecule has 8 nitrogen and oxygen atoms in total. The number of nitrogens with zero attached hydrogens (tertiary/aromatic N) is 1. The Hall–Kier alpha value is -2.26. The molecule has 0 aliphatic carbocycles. The van der Waals surface area contributed by atoms with Crippen molar-refractivity contribution in [3.63, 3.8) is 0 Å². The van der Waals surface area contributed by atoms with E-state index >= 15 is 0 Å². The Morgan fingerprint density at radius 3 is 2.26 bits per heavy atom. The number of carbonyl (C=O) groups excluding carboxylic acids is 3. The van der Waals surface area contributed by atoms with Gasteiger partial charge < -0.3 is 25.4 Å². The molecule has 9 heteroatoms. The van der Waals surface area contributed by atoms with Gasteiger partial charge in [-0.05, 0) is 67.4 Å². The van der Waals surface area contributed by atoms with Gasteiger partial charge in [0.25, 0.3) is 5.91 Å². The summed E-state index contributed by atoms with van der Waals surface area (Å²) in [5.74, 6) is -0.623. The fraction of sp³-hybridized carbons (Fsp3) is 0.640. The molecule has 0 aromatic heterocycles. The average Bonchev–Trinajstić information content (AvgIpc) is 2.99. The Morgan fingerprint density at radius 1 is 1.15 bits per heavy atom. The molecule has 1 aromatic carbocycles. The maximum absolute atomic E-state index is 13.5. The van der Waals surface area contributed by atoms with Crippen LogP contribution in [0.5, 0.6) is 0 Å². The zero-order chi connectivity index (χ0) is 25.9. The monoisotopic (exact) mass is 493 g/mol. The van der Waals surface area contributed by atoms with E-state index < -0.39 is 46.1 Å². The lowest BCUT2D eigenvalue weighted by atomic mass is 9.96. The lowest BCUT2D eigenvalue weighted by Crippen LogP contribution is -2.60. The first-order valence-electron chi connectivity index (χ1n) is 11.5. The Balaban J connectivity index is 2.29. The number of rotatable bonds is 6. The Labute approximate surface area is 207 Å². The SMILES string of the molecule is CC(C)(C)NC(=O)[C@H]1N(C(=O)[C@@H](O)[C@H](Cc2ccccc2)NC(=O)OC(C)(C)C)CSC1(C)C. The van der Waals surface area contributed by atoms with Crippen molar-refractivity contribution in [1.29, 1.82) is 0 Å². The minimum atomic E-state index is -1.56. The number of benzene rings is 1. The van der Waals surface area contributed by atoms with E-state index in [1.807, 2.05) is 65.0 Å². The lowest BCUT2D eigenvalue weighted by Gasteiger charge is -2.35. The van der Waals surface area contributed by atoms with Gasteiger partial charge in [-0.3, -0.25) is 9.59 Å². The van der Waals surface area contributed by atoms with Gasteiger partial charge >= 0.3 is 6.09 Å². The largest absolute Gasteiger partial charge is 0.444 e. The van der Waals surface area contributed by atoms with Gasteiger partial charge in [-0.25, -0.2) is 4.79 Å². The zero-order valence-corrected chi connectivity index (χ0v) is 22.3. The van der Waals surface area contributed by atoms with Crippen molar-refractivity contribution in [3.05, 3.63) is 35.9 Å². The molecule has 1 aliphatic heterocycles. The van der Waals surface area contributed by atoms with Gasteiger partial charge in [0, 0.05) is 10.3 Å². The van der Waals surface area contributed by atoms with Crippen LogP contribution in [-0.4, -0.2) is 67.9 Å². The Kier molecular flexibility index (Phi) is 8.69. The van der Waals surface area contributed by atoms with Crippen LogP contribution in [0, 0.1) is 0 Å². The highest BCUT2D eigenvalue weighted by Gasteiger charge is 2.50. The predicted molar refractivity (Wildman–Crippen MR) is 134 cm³/mol. The van der Waals surface area contributed by atoms with E-state index in [9.17, 15) is 19.5 Å². The van der Waals surface area contributed by atoms with E-state index in [2.05, 4.69) is 10.6 Å². The molecule has 190 valence electrons. The Morgan fingerprint density at radius 2 is 1.74 bits per heavy atom. The van der Waals surface area contributed by atoms with Crippen molar-refractivity contribution < 1.29 is 24.2 Å². The minimum Gasteiger partial charge on any atom is -0.444 e. The van der Waals surface area contributed by atoms with Crippen molar-refractivity contribution in [2.45, 2.75) is 95.9 Å². The summed E-state index contributed by atoms with van der Waals surface area (Å²) in [4.78, 5) is 40.5. The first-order valence-corrected chi connectivity index (χ1v) is 12.5. The molecule has 0 saturated carbocycles. The molecule has 34 heavy (non-hydrogen) atoms. The maximum atomic E-state index is 13.5. The average molecular weight is 494 g/mol. The van der Waals surface area contributed by atoms with Crippen LogP contribution in [-0.2, 0) is 20.7 Å². The van der Waals surface area contributed by atoms with Gasteiger partial charge in [-0.1, -0.05) is 30.3 Å². The van der Waals surface area contributed by atoms with Crippen LogP contribution in [0.15, 0.2) is 30.3 Å². The van der Waals surface area contributed by atoms with E-state index in [0.29, 0.717) is 0 Å². The predicted octanol–water partition coefficient (Wildman–Crippen LogP) is 3.08. The number of carbonyl (C=O) groups is 3. The third-order valence-electron chi connectivity index (χ3n) is 5.21. The van der Waals surface area contributed by atoms with E-state index in [-0.39, 0.29) is 18.2 Å². The van der Waals surface area contributed by atoms with Crippen LogP contribution >= 0.6 is 11.8 Å². The molecule has 0 bridgehead atoms. The lowest BCUT2D eigenvalue weighted by molar-refractivity contribution is -0.147. The molecule has 3 N–H and O–H groups in total. The topological polar surface area (TPSA) is 108 Å². The number of amides is 3. The number of alkyl carbamates (subject to hydrolysis) is 1. The first kappa shape index (κ1) is 28.0. The highest BCUT2D eigenvalue weighted by Crippen LogP contribution is 2.40. The van der Waals surface area contributed by atoms with Crippen molar-refractivity contribution in [3.8, 4) is 0 Å². The standard InChI is InChI=1S/C25H39N3O5S/c1-23(2,3)27-20(30)19-25(7,8)34-15-28(19)21(31)18(29)17(14-16-12-10-9-11-13-16)26-22(32)33-24(4,5)6/h9-13,17-19,29H,14-15H2,1-8H3,(H,26,32)(H,27,30)/t17-,18-,19+/m0/s1.